The molecule has 2 amide bonds. The summed E-state index contributed by atoms with van der Waals surface area (Å²) in [6.07, 6.45) is 3.84. The van der Waals surface area contributed by atoms with Crippen LogP contribution in [0.25, 0.3) is 0 Å². The van der Waals surface area contributed by atoms with Crippen LogP contribution in [-0.4, -0.2) is 29.8 Å². The Morgan fingerprint density at radius 1 is 1.42 bits per heavy atom. The number of aliphatic imine (C=N–C) groups is 1. The van der Waals surface area contributed by atoms with Crippen LogP contribution < -0.4 is 10.6 Å². The number of benzene rings is 1. The maximum atomic E-state index is 13.8. The molecule has 1 saturated carbocycles. The van der Waals surface area contributed by atoms with E-state index in [0.717, 1.165) is 25.0 Å². The molecule has 142 valence electrons. The number of aromatic hydroxyl groups is 1. The Bertz CT molecular complexity index is 749. The summed E-state index contributed by atoms with van der Waals surface area (Å²) in [4.78, 5) is 26.5. The number of hydrogen-bond acceptors (Lipinski definition) is 4. The van der Waals surface area contributed by atoms with Gasteiger partial charge in [0.05, 0.1) is 17.3 Å². The van der Waals surface area contributed by atoms with Crippen LogP contribution in [0.4, 0.5) is 14.9 Å². The summed E-state index contributed by atoms with van der Waals surface area (Å²) in [5.74, 6) is -1.17. The molecule has 1 fully saturated rings. The van der Waals surface area contributed by atoms with Gasteiger partial charge in [-0.1, -0.05) is 32.4 Å². The first-order valence-corrected chi connectivity index (χ1v) is 8.71. The minimum Gasteiger partial charge on any atom is -0.506 e. The van der Waals surface area contributed by atoms with Gasteiger partial charge in [0.25, 0.3) is 0 Å². The van der Waals surface area contributed by atoms with Crippen LogP contribution in [0.3, 0.4) is 0 Å². The Hall–Kier alpha value is -2.11. The SMILES string of the molecule is CC1(C)CC(NC(=O)Nc2cc(Cl)c(O)cc2F)CC(C)(CN=C=O)C1. The molecule has 6 nitrogen and oxygen atoms in total. The molecule has 1 aliphatic rings. The highest BCUT2D eigenvalue weighted by atomic mass is 35.5. The second-order valence-electron chi connectivity index (χ2n) is 8.05. The fourth-order valence-electron chi connectivity index (χ4n) is 4.06. The zero-order chi connectivity index (χ0) is 19.5. The van der Waals surface area contributed by atoms with E-state index in [9.17, 15) is 19.1 Å². The maximum absolute atomic E-state index is 13.8. The molecule has 0 spiro atoms. The normalized spacial score (nSPS) is 24.4. The van der Waals surface area contributed by atoms with Crippen molar-refractivity contribution in [2.45, 2.75) is 46.1 Å². The van der Waals surface area contributed by atoms with Crippen molar-refractivity contribution in [2.75, 3.05) is 11.9 Å². The van der Waals surface area contributed by atoms with E-state index in [1.807, 2.05) is 6.92 Å². The quantitative estimate of drug-likeness (QED) is 0.413. The van der Waals surface area contributed by atoms with Gasteiger partial charge in [-0.2, -0.15) is 0 Å². The number of nitrogens with zero attached hydrogens (tertiary/aromatic N) is 1. The topological polar surface area (TPSA) is 90.8 Å². The second-order valence-corrected chi connectivity index (χ2v) is 8.45. The van der Waals surface area contributed by atoms with Crippen molar-refractivity contribution in [2.24, 2.45) is 15.8 Å². The van der Waals surface area contributed by atoms with Crippen LogP contribution in [0.5, 0.6) is 5.75 Å². The number of phenols is 1. The Labute approximate surface area is 156 Å². The lowest BCUT2D eigenvalue weighted by atomic mass is 9.62. The number of amides is 2. The third-order valence-corrected chi connectivity index (χ3v) is 4.89. The molecule has 2 rings (SSSR count). The van der Waals surface area contributed by atoms with Gasteiger partial charge in [-0.15, -0.1) is 0 Å². The molecule has 0 saturated heterocycles. The van der Waals surface area contributed by atoms with Gasteiger partial charge in [0.15, 0.2) is 5.82 Å². The molecule has 0 bridgehead atoms. The minimum absolute atomic E-state index is 0.0452. The zero-order valence-electron chi connectivity index (χ0n) is 15.0. The Morgan fingerprint density at radius 2 is 2.12 bits per heavy atom. The highest BCUT2D eigenvalue weighted by Crippen LogP contribution is 2.46. The summed E-state index contributed by atoms with van der Waals surface area (Å²) in [6.45, 7) is 6.57. The highest BCUT2D eigenvalue weighted by molar-refractivity contribution is 6.32. The molecule has 0 aromatic heterocycles. The number of nitrogens with one attached hydrogen (secondary N) is 2. The monoisotopic (exact) mass is 383 g/mol. The van der Waals surface area contributed by atoms with Gasteiger partial charge in [-0.3, -0.25) is 0 Å². The first kappa shape index (κ1) is 20.2. The molecule has 2 atom stereocenters. The van der Waals surface area contributed by atoms with E-state index in [0.29, 0.717) is 13.0 Å². The van der Waals surface area contributed by atoms with Crippen LogP contribution in [0.15, 0.2) is 17.1 Å². The van der Waals surface area contributed by atoms with Crippen molar-refractivity contribution in [1.29, 1.82) is 0 Å². The van der Waals surface area contributed by atoms with E-state index >= 15 is 0 Å². The summed E-state index contributed by atoms with van der Waals surface area (Å²) >= 11 is 5.75. The van der Waals surface area contributed by atoms with E-state index < -0.39 is 17.6 Å². The average Bonchev–Trinajstić information content (AvgIpc) is 2.48. The van der Waals surface area contributed by atoms with E-state index in [4.69, 9.17) is 11.6 Å². The van der Waals surface area contributed by atoms with E-state index in [-0.39, 0.29) is 27.6 Å². The lowest BCUT2D eigenvalue weighted by Crippen LogP contribution is -2.48. The predicted octanol–water partition coefficient (Wildman–Crippen LogP) is 4.23. The number of carbonyl (C=O) groups is 1. The molecule has 0 heterocycles. The third-order valence-electron chi connectivity index (χ3n) is 4.59. The molecule has 3 N–H and O–H groups in total. The molecule has 0 aliphatic heterocycles. The Morgan fingerprint density at radius 3 is 2.77 bits per heavy atom. The number of isocyanates is 1. The number of halogens is 2. The third kappa shape index (κ3) is 5.19. The number of rotatable bonds is 4. The number of phenolic OH excluding ortho intramolecular Hbond substituents is 1. The van der Waals surface area contributed by atoms with Gasteiger partial charge in [0, 0.05) is 12.1 Å². The predicted molar refractivity (Wildman–Crippen MR) is 97.7 cm³/mol. The molecule has 1 aliphatic carbocycles. The van der Waals surface area contributed by atoms with Gasteiger partial charge >= 0.3 is 6.03 Å². The van der Waals surface area contributed by atoms with Gasteiger partial charge in [-0.25, -0.2) is 19.0 Å². The molecule has 8 heteroatoms. The van der Waals surface area contributed by atoms with Crippen molar-refractivity contribution in [3.63, 3.8) is 0 Å². The van der Waals surface area contributed by atoms with Gasteiger partial charge in [-0.05, 0) is 36.2 Å². The smallest absolute Gasteiger partial charge is 0.319 e. The summed E-state index contributed by atoms with van der Waals surface area (Å²) in [5.41, 5.74) is -0.394. The lowest BCUT2D eigenvalue weighted by molar-refractivity contribution is 0.0815. The average molecular weight is 384 g/mol. The van der Waals surface area contributed by atoms with Gasteiger partial charge in [0.2, 0.25) is 6.08 Å². The first-order chi connectivity index (χ1) is 12.0. The summed E-state index contributed by atoms with van der Waals surface area (Å²) in [6, 6.07) is 1.28. The number of hydrogen-bond donors (Lipinski definition) is 3. The summed E-state index contributed by atoms with van der Waals surface area (Å²) in [5, 5.41) is 14.6. The zero-order valence-corrected chi connectivity index (χ0v) is 15.8. The van der Waals surface area contributed by atoms with Gasteiger partial charge < -0.3 is 15.7 Å². The summed E-state index contributed by atoms with van der Waals surface area (Å²) < 4.78 is 13.8. The van der Waals surface area contributed by atoms with Crippen LogP contribution >= 0.6 is 11.6 Å². The molecule has 26 heavy (non-hydrogen) atoms. The van der Waals surface area contributed by atoms with Crippen LogP contribution in [-0.2, 0) is 4.79 Å². The maximum Gasteiger partial charge on any atom is 0.319 e. The van der Waals surface area contributed by atoms with Crippen LogP contribution in [0, 0.1) is 16.6 Å². The fraction of sp³-hybridized carbons (Fsp3) is 0.556. The molecule has 0 radical (unpaired) electrons. The highest BCUT2D eigenvalue weighted by Gasteiger charge is 2.41. The Kier molecular flexibility index (Phi) is 5.94. The fourth-order valence-corrected chi connectivity index (χ4v) is 4.22. The van der Waals surface area contributed by atoms with Crippen molar-refractivity contribution >= 4 is 29.4 Å². The standard InChI is InChI=1S/C18H23ClFN3O3/c1-17(2)6-11(7-18(3,8-17)9-21-10-24)22-16(26)23-14-4-12(19)15(25)5-13(14)20/h4-5,11,25H,6-9H2,1-3H3,(H2,22,23,26). The molecule has 2 unspecified atom stereocenters. The molecular formula is C18H23ClFN3O3. The molecule has 1 aromatic carbocycles. The van der Waals surface area contributed by atoms with Gasteiger partial charge in [0.1, 0.15) is 5.75 Å². The van der Waals surface area contributed by atoms with Crippen molar-refractivity contribution in [1.82, 2.24) is 5.32 Å². The Balaban J connectivity index is 2.08. The number of carbonyl (C=O) groups excluding carboxylic acids is 2. The largest absolute Gasteiger partial charge is 0.506 e. The molecular weight excluding hydrogens is 361 g/mol. The lowest BCUT2D eigenvalue weighted by Gasteiger charge is -2.46. The first-order valence-electron chi connectivity index (χ1n) is 8.33. The van der Waals surface area contributed by atoms with Crippen molar-refractivity contribution in [3.8, 4) is 5.75 Å². The van der Waals surface area contributed by atoms with Crippen LogP contribution in [0.1, 0.15) is 40.0 Å². The second kappa shape index (κ2) is 7.64. The van der Waals surface area contributed by atoms with Crippen molar-refractivity contribution in [3.05, 3.63) is 23.0 Å². The number of anilines is 1. The van der Waals surface area contributed by atoms with E-state index in [1.165, 1.54) is 0 Å². The summed E-state index contributed by atoms with van der Waals surface area (Å²) in [7, 11) is 0. The van der Waals surface area contributed by atoms with E-state index in [2.05, 4.69) is 29.5 Å². The number of urea groups is 1. The van der Waals surface area contributed by atoms with Crippen LogP contribution in [0.2, 0.25) is 5.02 Å². The molecule has 1 aromatic rings. The minimum atomic E-state index is -0.781. The van der Waals surface area contributed by atoms with E-state index in [1.54, 1.807) is 6.08 Å². The van der Waals surface area contributed by atoms with Crippen molar-refractivity contribution < 1.29 is 19.1 Å².